The minimum atomic E-state index is -4.83. The summed E-state index contributed by atoms with van der Waals surface area (Å²) in [6, 6.07) is 5.44. The molecule has 1 aromatic carbocycles. The molecular formula is C10H8FNO4S3. The van der Waals surface area contributed by atoms with Gasteiger partial charge in [0, 0.05) is 5.38 Å². The first-order valence-corrected chi connectivity index (χ1v) is 8.70. The van der Waals surface area contributed by atoms with E-state index in [0.29, 0.717) is 5.69 Å². The van der Waals surface area contributed by atoms with Gasteiger partial charge in [0.25, 0.3) is 10.0 Å². The molecule has 0 amide bonds. The van der Waals surface area contributed by atoms with Crippen LogP contribution in [0.1, 0.15) is 0 Å². The average Bonchev–Trinajstić information content (AvgIpc) is 2.80. The molecule has 1 N–H and O–H groups in total. The molecule has 9 heteroatoms. The molecule has 0 bridgehead atoms. The van der Waals surface area contributed by atoms with Gasteiger partial charge in [-0.15, -0.1) is 3.89 Å². The minimum Gasteiger partial charge on any atom is -0.279 e. The third-order valence-corrected chi connectivity index (χ3v) is 5.10. The molecule has 0 saturated carbocycles. The van der Waals surface area contributed by atoms with Gasteiger partial charge in [-0.05, 0) is 35.7 Å². The molecule has 0 aliphatic carbocycles. The number of nitrogens with one attached hydrogen (secondary N) is 1. The lowest BCUT2D eigenvalue weighted by Gasteiger charge is -2.06. The molecule has 1 aromatic heterocycles. The fraction of sp³-hybridized carbons (Fsp3) is 0. The van der Waals surface area contributed by atoms with Crippen LogP contribution in [0.2, 0.25) is 0 Å². The molecule has 1 heterocycles. The first kappa shape index (κ1) is 14.0. The molecule has 2 rings (SSSR count). The number of thiophene rings is 1. The highest BCUT2D eigenvalue weighted by Crippen LogP contribution is 2.20. The summed E-state index contributed by atoms with van der Waals surface area (Å²) < 4.78 is 60.0. The molecule has 19 heavy (non-hydrogen) atoms. The van der Waals surface area contributed by atoms with Crippen molar-refractivity contribution in [2.75, 3.05) is 4.72 Å². The summed E-state index contributed by atoms with van der Waals surface area (Å²) in [5.74, 6) is 0. The predicted octanol–water partition coefficient (Wildman–Crippen LogP) is 2.21. The van der Waals surface area contributed by atoms with E-state index in [9.17, 15) is 20.7 Å². The maximum Gasteiger partial charge on any atom is 0.332 e. The van der Waals surface area contributed by atoms with Gasteiger partial charge in [-0.3, -0.25) is 4.72 Å². The normalized spacial score (nSPS) is 12.3. The summed E-state index contributed by atoms with van der Waals surface area (Å²) >= 11 is 1.33. The Labute approximate surface area is 114 Å². The molecule has 0 aliphatic rings. The second-order valence-electron chi connectivity index (χ2n) is 3.53. The number of hydrogen-bond donors (Lipinski definition) is 1. The van der Waals surface area contributed by atoms with E-state index in [1.165, 1.54) is 11.3 Å². The zero-order chi connectivity index (χ0) is 14.1. The van der Waals surface area contributed by atoms with Crippen LogP contribution >= 0.6 is 11.3 Å². The second-order valence-corrected chi connectivity index (χ2v) is 7.34. The van der Waals surface area contributed by atoms with E-state index in [1.807, 2.05) is 0 Å². The van der Waals surface area contributed by atoms with Crippen LogP contribution in [0.3, 0.4) is 0 Å². The first-order valence-electron chi connectivity index (χ1n) is 4.89. The number of benzene rings is 1. The van der Waals surface area contributed by atoms with Crippen LogP contribution in [0.4, 0.5) is 9.57 Å². The molecule has 0 spiro atoms. The van der Waals surface area contributed by atoms with Crippen molar-refractivity contribution in [2.45, 2.75) is 9.79 Å². The van der Waals surface area contributed by atoms with E-state index < -0.39 is 25.1 Å². The largest absolute Gasteiger partial charge is 0.332 e. The van der Waals surface area contributed by atoms with Crippen molar-refractivity contribution < 1.29 is 20.7 Å². The van der Waals surface area contributed by atoms with Gasteiger partial charge in [0.15, 0.2) is 0 Å². The number of rotatable bonds is 4. The Bertz CT molecular complexity index is 765. The van der Waals surface area contributed by atoms with Crippen molar-refractivity contribution in [1.29, 1.82) is 0 Å². The van der Waals surface area contributed by atoms with Crippen LogP contribution in [0.25, 0.3) is 0 Å². The molecule has 102 valence electrons. The van der Waals surface area contributed by atoms with Crippen molar-refractivity contribution in [3.63, 3.8) is 0 Å². The molecule has 5 nitrogen and oxygen atoms in total. The fourth-order valence-electron chi connectivity index (χ4n) is 1.32. The van der Waals surface area contributed by atoms with E-state index in [0.717, 1.165) is 24.3 Å². The lowest BCUT2D eigenvalue weighted by Crippen LogP contribution is -2.12. The predicted molar refractivity (Wildman–Crippen MR) is 69.9 cm³/mol. The lowest BCUT2D eigenvalue weighted by atomic mass is 10.4. The van der Waals surface area contributed by atoms with Crippen molar-refractivity contribution in [2.24, 2.45) is 0 Å². The van der Waals surface area contributed by atoms with E-state index in [4.69, 9.17) is 0 Å². The standard InChI is InChI=1S/C10H8FNO4S3/c11-18(13,14)9-1-3-10(4-2-9)19(15,16)12-8-5-6-17-7-8/h1-7,12H. The Morgan fingerprint density at radius 1 is 0.947 bits per heavy atom. The third-order valence-electron chi connectivity index (χ3n) is 2.19. The molecule has 0 fully saturated rings. The van der Waals surface area contributed by atoms with Gasteiger partial charge < -0.3 is 0 Å². The molecule has 0 aliphatic heterocycles. The molecule has 2 aromatic rings. The summed E-state index contributed by atoms with van der Waals surface area (Å²) in [4.78, 5) is -0.729. The van der Waals surface area contributed by atoms with E-state index in [2.05, 4.69) is 4.72 Å². The van der Waals surface area contributed by atoms with Crippen LogP contribution < -0.4 is 4.72 Å². The van der Waals surface area contributed by atoms with Gasteiger partial charge in [0.05, 0.1) is 15.5 Å². The van der Waals surface area contributed by atoms with E-state index in [-0.39, 0.29) is 4.90 Å². The number of hydrogen-bond acceptors (Lipinski definition) is 5. The second kappa shape index (κ2) is 4.91. The van der Waals surface area contributed by atoms with Crippen LogP contribution in [-0.4, -0.2) is 16.8 Å². The fourth-order valence-corrected chi connectivity index (χ4v) is 3.49. The highest BCUT2D eigenvalue weighted by atomic mass is 32.3. The Balaban J connectivity index is 2.32. The van der Waals surface area contributed by atoms with Gasteiger partial charge in [-0.2, -0.15) is 19.8 Å². The maximum absolute atomic E-state index is 12.7. The quantitative estimate of drug-likeness (QED) is 0.876. The Hall–Kier alpha value is -1.45. The van der Waals surface area contributed by atoms with Crippen molar-refractivity contribution in [3.05, 3.63) is 41.1 Å². The van der Waals surface area contributed by atoms with Crippen LogP contribution in [0.15, 0.2) is 50.9 Å². The molecule has 0 atom stereocenters. The van der Waals surface area contributed by atoms with Gasteiger partial charge in [0.1, 0.15) is 0 Å². The van der Waals surface area contributed by atoms with Gasteiger partial charge >= 0.3 is 10.2 Å². The zero-order valence-corrected chi connectivity index (χ0v) is 11.7. The van der Waals surface area contributed by atoms with Crippen LogP contribution in [-0.2, 0) is 20.2 Å². The van der Waals surface area contributed by atoms with Gasteiger partial charge in [-0.25, -0.2) is 8.42 Å². The average molecular weight is 321 g/mol. The Morgan fingerprint density at radius 3 is 2.00 bits per heavy atom. The maximum atomic E-state index is 12.7. The number of sulfonamides is 1. The van der Waals surface area contributed by atoms with Crippen molar-refractivity contribution in [3.8, 4) is 0 Å². The highest BCUT2D eigenvalue weighted by molar-refractivity contribution is 7.92. The molecule has 0 saturated heterocycles. The Morgan fingerprint density at radius 2 is 1.53 bits per heavy atom. The summed E-state index contributed by atoms with van der Waals surface area (Å²) in [6.45, 7) is 0. The summed E-state index contributed by atoms with van der Waals surface area (Å²) in [5.41, 5.74) is 0.409. The molecule has 0 unspecified atom stereocenters. The van der Waals surface area contributed by atoms with Gasteiger partial charge in [0.2, 0.25) is 0 Å². The smallest absolute Gasteiger partial charge is 0.279 e. The van der Waals surface area contributed by atoms with Gasteiger partial charge in [-0.1, -0.05) is 0 Å². The topological polar surface area (TPSA) is 80.3 Å². The Kier molecular flexibility index (Phi) is 3.61. The monoisotopic (exact) mass is 321 g/mol. The lowest BCUT2D eigenvalue weighted by molar-refractivity contribution is 0.551. The van der Waals surface area contributed by atoms with Crippen LogP contribution in [0.5, 0.6) is 0 Å². The van der Waals surface area contributed by atoms with Crippen LogP contribution in [0, 0.1) is 0 Å². The molecule has 0 radical (unpaired) electrons. The van der Waals surface area contributed by atoms with E-state index in [1.54, 1.807) is 16.8 Å². The van der Waals surface area contributed by atoms with Crippen molar-refractivity contribution >= 4 is 37.3 Å². The minimum absolute atomic E-state index is 0.147. The summed E-state index contributed by atoms with van der Waals surface area (Å²) in [5, 5.41) is 3.31. The first-order chi connectivity index (χ1) is 8.79. The third kappa shape index (κ3) is 3.31. The zero-order valence-electron chi connectivity index (χ0n) is 9.28. The number of anilines is 1. The molecular weight excluding hydrogens is 313 g/mol. The SMILES string of the molecule is O=S(=O)(F)c1ccc(S(=O)(=O)Nc2ccsc2)cc1. The van der Waals surface area contributed by atoms with E-state index >= 15 is 0 Å². The summed E-state index contributed by atoms with van der Waals surface area (Å²) in [6.07, 6.45) is 0. The highest BCUT2D eigenvalue weighted by Gasteiger charge is 2.17. The van der Waals surface area contributed by atoms with Crippen molar-refractivity contribution in [1.82, 2.24) is 0 Å². The number of halogens is 1. The summed E-state index contributed by atoms with van der Waals surface area (Å²) in [7, 11) is -8.63.